The van der Waals surface area contributed by atoms with Crippen LogP contribution in [-0.4, -0.2) is 79.8 Å². The summed E-state index contributed by atoms with van der Waals surface area (Å²) in [5.41, 5.74) is 3.83. The van der Waals surface area contributed by atoms with Crippen molar-refractivity contribution >= 4 is 27.4 Å². The normalized spacial score (nSPS) is 20.4. The zero-order valence-electron chi connectivity index (χ0n) is 18.6. The summed E-state index contributed by atoms with van der Waals surface area (Å²) in [6.45, 7) is 6.41. The highest BCUT2D eigenvalue weighted by molar-refractivity contribution is 7.91. The first-order chi connectivity index (χ1) is 15.2. The van der Waals surface area contributed by atoms with Gasteiger partial charge in [-0.05, 0) is 44.5 Å². The van der Waals surface area contributed by atoms with E-state index in [0.717, 1.165) is 17.1 Å². The number of carbonyl (C=O) groups excluding carboxylic acids is 2. The van der Waals surface area contributed by atoms with E-state index in [0.29, 0.717) is 43.7 Å². The van der Waals surface area contributed by atoms with Crippen molar-refractivity contribution in [3.05, 3.63) is 46.8 Å². The molecule has 4 rings (SSSR count). The highest BCUT2D eigenvalue weighted by Crippen LogP contribution is 2.31. The Morgan fingerprint density at radius 2 is 1.66 bits per heavy atom. The van der Waals surface area contributed by atoms with E-state index < -0.39 is 15.8 Å². The lowest BCUT2D eigenvalue weighted by atomic mass is 10.1. The number of anilines is 1. The van der Waals surface area contributed by atoms with Crippen LogP contribution in [0, 0.1) is 13.8 Å². The van der Waals surface area contributed by atoms with Crippen molar-refractivity contribution in [3.63, 3.8) is 0 Å². The molecule has 0 bridgehead atoms. The molecule has 2 saturated heterocycles. The van der Waals surface area contributed by atoms with Gasteiger partial charge in [-0.1, -0.05) is 0 Å². The molecule has 2 aliphatic rings. The molecule has 3 heterocycles. The van der Waals surface area contributed by atoms with Gasteiger partial charge in [0, 0.05) is 31.7 Å². The van der Waals surface area contributed by atoms with Gasteiger partial charge in [-0.15, -0.1) is 0 Å². The largest absolute Gasteiger partial charge is 0.465 e. The number of amides is 1. The summed E-state index contributed by atoms with van der Waals surface area (Å²) in [4.78, 5) is 28.5. The predicted octanol–water partition coefficient (Wildman–Crippen LogP) is 1.61. The minimum absolute atomic E-state index is 0.0682. The van der Waals surface area contributed by atoms with E-state index in [-0.39, 0.29) is 23.5 Å². The quantitative estimate of drug-likeness (QED) is 0.639. The first kappa shape index (κ1) is 22.3. The highest BCUT2D eigenvalue weighted by Gasteiger charge is 2.33. The molecule has 10 heteroatoms. The van der Waals surface area contributed by atoms with Crippen LogP contribution in [0.25, 0.3) is 0 Å². The molecule has 0 aliphatic carbocycles. The van der Waals surface area contributed by atoms with Gasteiger partial charge < -0.3 is 14.5 Å². The molecule has 2 aliphatic heterocycles. The minimum Gasteiger partial charge on any atom is -0.465 e. The molecule has 0 radical (unpaired) electrons. The fraction of sp³-hybridized carbons (Fsp3) is 0.500. The number of nitrogens with zero attached hydrogens (tertiary/aromatic N) is 4. The van der Waals surface area contributed by atoms with Gasteiger partial charge in [-0.3, -0.25) is 9.48 Å². The molecule has 2 aromatic rings. The maximum absolute atomic E-state index is 12.9. The monoisotopic (exact) mass is 460 g/mol. The third kappa shape index (κ3) is 4.23. The Bertz CT molecular complexity index is 1130. The maximum Gasteiger partial charge on any atom is 0.337 e. The fourth-order valence-corrected chi connectivity index (χ4v) is 6.31. The number of aryl methyl sites for hydroxylation is 1. The first-order valence-electron chi connectivity index (χ1n) is 10.7. The molecule has 0 spiro atoms. The average Bonchev–Trinajstić information content (AvgIpc) is 3.30. The maximum atomic E-state index is 12.9. The zero-order chi connectivity index (χ0) is 23.0. The van der Waals surface area contributed by atoms with Gasteiger partial charge in [0.1, 0.15) is 0 Å². The Kier molecular flexibility index (Phi) is 5.98. The molecular formula is C22H28N4O5S. The van der Waals surface area contributed by atoms with Gasteiger partial charge >= 0.3 is 5.97 Å². The molecule has 1 aromatic heterocycles. The van der Waals surface area contributed by atoms with Crippen LogP contribution in [0.4, 0.5) is 5.69 Å². The lowest BCUT2D eigenvalue weighted by molar-refractivity contribution is 0.0599. The number of benzene rings is 1. The van der Waals surface area contributed by atoms with E-state index in [1.54, 1.807) is 24.3 Å². The van der Waals surface area contributed by atoms with Crippen LogP contribution >= 0.6 is 0 Å². The number of carbonyl (C=O) groups is 2. The van der Waals surface area contributed by atoms with E-state index in [1.807, 2.05) is 23.4 Å². The Morgan fingerprint density at radius 1 is 1.03 bits per heavy atom. The van der Waals surface area contributed by atoms with Gasteiger partial charge in [-0.2, -0.15) is 5.10 Å². The van der Waals surface area contributed by atoms with E-state index in [4.69, 9.17) is 4.74 Å². The van der Waals surface area contributed by atoms with E-state index in [9.17, 15) is 18.0 Å². The lowest BCUT2D eigenvalue weighted by Crippen LogP contribution is -2.49. The number of esters is 1. The molecule has 1 aromatic carbocycles. The third-order valence-corrected chi connectivity index (χ3v) is 8.03. The SMILES string of the molecule is COC(=O)c1ccc(C(=O)N2CCN(c3c(C)nn(C4CCS(=O)(=O)C4)c3C)CC2)cc1. The van der Waals surface area contributed by atoms with Crippen LogP contribution in [0.2, 0.25) is 0 Å². The van der Waals surface area contributed by atoms with Crippen molar-refractivity contribution in [3.8, 4) is 0 Å². The summed E-state index contributed by atoms with van der Waals surface area (Å²) in [7, 11) is -1.66. The highest BCUT2D eigenvalue weighted by atomic mass is 32.2. The van der Waals surface area contributed by atoms with Crippen LogP contribution in [0.3, 0.4) is 0 Å². The molecule has 2 fully saturated rings. The number of hydrogen-bond acceptors (Lipinski definition) is 7. The molecule has 9 nitrogen and oxygen atoms in total. The second-order valence-electron chi connectivity index (χ2n) is 8.37. The fourth-order valence-electron chi connectivity index (χ4n) is 4.62. The zero-order valence-corrected chi connectivity index (χ0v) is 19.4. The van der Waals surface area contributed by atoms with Gasteiger partial charge in [0.05, 0.1) is 47.3 Å². The van der Waals surface area contributed by atoms with Crippen molar-refractivity contribution in [1.82, 2.24) is 14.7 Å². The smallest absolute Gasteiger partial charge is 0.337 e. The average molecular weight is 461 g/mol. The van der Waals surface area contributed by atoms with E-state index >= 15 is 0 Å². The summed E-state index contributed by atoms with van der Waals surface area (Å²) in [5.74, 6) is -0.140. The summed E-state index contributed by atoms with van der Waals surface area (Å²) in [5, 5.41) is 4.66. The van der Waals surface area contributed by atoms with Crippen LogP contribution in [0.15, 0.2) is 24.3 Å². The van der Waals surface area contributed by atoms with Crippen LogP contribution in [-0.2, 0) is 14.6 Å². The van der Waals surface area contributed by atoms with Gasteiger partial charge in [0.25, 0.3) is 5.91 Å². The number of aromatic nitrogens is 2. The number of hydrogen-bond donors (Lipinski definition) is 0. The number of rotatable bonds is 4. The van der Waals surface area contributed by atoms with E-state index in [1.165, 1.54) is 7.11 Å². The Balaban J connectivity index is 1.43. The van der Waals surface area contributed by atoms with Gasteiger partial charge in [-0.25, -0.2) is 13.2 Å². The third-order valence-electron chi connectivity index (χ3n) is 6.28. The van der Waals surface area contributed by atoms with Crippen molar-refractivity contribution in [1.29, 1.82) is 0 Å². The number of methoxy groups -OCH3 is 1. The first-order valence-corrected chi connectivity index (χ1v) is 12.5. The molecular weight excluding hydrogens is 432 g/mol. The molecule has 0 N–H and O–H groups in total. The Labute approximate surface area is 187 Å². The van der Waals surface area contributed by atoms with Crippen molar-refractivity contribution in [2.24, 2.45) is 0 Å². The second kappa shape index (κ2) is 8.57. The predicted molar refractivity (Wildman–Crippen MR) is 120 cm³/mol. The Morgan fingerprint density at radius 3 is 2.22 bits per heavy atom. The molecule has 1 atom stereocenters. The molecule has 32 heavy (non-hydrogen) atoms. The summed E-state index contributed by atoms with van der Waals surface area (Å²) >= 11 is 0. The van der Waals surface area contributed by atoms with Crippen molar-refractivity contribution < 1.29 is 22.7 Å². The van der Waals surface area contributed by atoms with Crippen molar-refractivity contribution in [2.45, 2.75) is 26.3 Å². The molecule has 0 saturated carbocycles. The topological polar surface area (TPSA) is 102 Å². The molecule has 172 valence electrons. The standard InChI is InChI=1S/C22H28N4O5S/c1-15-20(16(2)26(23-15)19-8-13-32(29,30)14-19)24-9-11-25(12-10-24)21(27)17-4-6-18(7-5-17)22(28)31-3/h4-7,19H,8-14H2,1-3H3. The number of sulfone groups is 1. The number of piperazine rings is 1. The minimum atomic E-state index is -2.99. The van der Waals surface area contributed by atoms with E-state index in [2.05, 4.69) is 10.00 Å². The summed E-state index contributed by atoms with van der Waals surface area (Å²) in [6, 6.07) is 6.38. The van der Waals surface area contributed by atoms with Crippen molar-refractivity contribution in [2.75, 3.05) is 49.7 Å². The van der Waals surface area contributed by atoms with Gasteiger partial charge in [0.15, 0.2) is 9.84 Å². The van der Waals surface area contributed by atoms with Crippen LogP contribution in [0.1, 0.15) is 44.6 Å². The molecule has 1 amide bonds. The summed E-state index contributed by atoms with van der Waals surface area (Å²) < 4.78 is 30.3. The van der Waals surface area contributed by atoms with Crippen LogP contribution in [0.5, 0.6) is 0 Å². The summed E-state index contributed by atoms with van der Waals surface area (Å²) in [6.07, 6.45) is 0.598. The van der Waals surface area contributed by atoms with Gasteiger partial charge in [0.2, 0.25) is 0 Å². The Hall–Kier alpha value is -2.88. The lowest BCUT2D eigenvalue weighted by Gasteiger charge is -2.36. The number of ether oxygens (including phenoxy) is 1. The second-order valence-corrected chi connectivity index (χ2v) is 10.6. The molecule has 1 unspecified atom stereocenters. The van der Waals surface area contributed by atoms with Crippen LogP contribution < -0.4 is 4.90 Å².